The maximum atomic E-state index is 5.94. The molecular formula is C23H21N3O2S. The van der Waals surface area contributed by atoms with Crippen LogP contribution in [0.1, 0.15) is 18.1 Å². The van der Waals surface area contributed by atoms with Gasteiger partial charge in [0.15, 0.2) is 11.5 Å². The van der Waals surface area contributed by atoms with Crippen LogP contribution in [0.3, 0.4) is 0 Å². The molecular weight excluding hydrogens is 382 g/mol. The lowest BCUT2D eigenvalue weighted by Crippen LogP contribution is -2.00. The average molecular weight is 404 g/mol. The molecule has 0 fully saturated rings. The van der Waals surface area contributed by atoms with Crippen LogP contribution in [-0.2, 0) is 6.61 Å². The molecule has 0 aliphatic carbocycles. The number of hydrogen-bond donors (Lipinski definition) is 1. The van der Waals surface area contributed by atoms with Gasteiger partial charge in [0.2, 0.25) is 5.13 Å². The predicted molar refractivity (Wildman–Crippen MR) is 119 cm³/mol. The second-order valence-electron chi connectivity index (χ2n) is 6.27. The Balaban J connectivity index is 1.44. The monoisotopic (exact) mass is 403 g/mol. The number of benzene rings is 3. The number of hydrazone groups is 1. The lowest BCUT2D eigenvalue weighted by atomic mass is 10.2. The number of anilines is 1. The summed E-state index contributed by atoms with van der Waals surface area (Å²) in [7, 11) is 0. The zero-order valence-electron chi connectivity index (χ0n) is 16.0. The van der Waals surface area contributed by atoms with Gasteiger partial charge in [0.25, 0.3) is 0 Å². The van der Waals surface area contributed by atoms with Gasteiger partial charge in [0, 0.05) is 0 Å². The molecule has 6 heteroatoms. The molecule has 0 aliphatic rings. The van der Waals surface area contributed by atoms with Crippen LogP contribution in [0.15, 0.2) is 77.9 Å². The van der Waals surface area contributed by atoms with Crippen LogP contribution in [-0.4, -0.2) is 17.8 Å². The third-order valence-corrected chi connectivity index (χ3v) is 5.11. The van der Waals surface area contributed by atoms with E-state index in [1.807, 2.05) is 79.7 Å². The molecule has 0 amide bonds. The molecule has 4 rings (SSSR count). The Morgan fingerprint density at radius 3 is 2.62 bits per heavy atom. The van der Waals surface area contributed by atoms with Crippen LogP contribution in [0.25, 0.3) is 10.2 Å². The molecule has 0 unspecified atom stereocenters. The first-order valence-corrected chi connectivity index (χ1v) is 10.2. The van der Waals surface area contributed by atoms with E-state index in [1.54, 1.807) is 17.6 Å². The fraction of sp³-hybridized carbons (Fsp3) is 0.130. The number of rotatable bonds is 8. The quantitative estimate of drug-likeness (QED) is 0.302. The fourth-order valence-corrected chi connectivity index (χ4v) is 3.63. The van der Waals surface area contributed by atoms with Gasteiger partial charge in [-0.1, -0.05) is 53.8 Å². The van der Waals surface area contributed by atoms with Crippen molar-refractivity contribution in [3.05, 3.63) is 83.9 Å². The first-order valence-electron chi connectivity index (χ1n) is 9.40. The van der Waals surface area contributed by atoms with Crippen molar-refractivity contribution in [3.63, 3.8) is 0 Å². The van der Waals surface area contributed by atoms with Gasteiger partial charge in [-0.05, 0) is 48.4 Å². The molecule has 0 aliphatic heterocycles. The largest absolute Gasteiger partial charge is 0.490 e. The second-order valence-corrected chi connectivity index (χ2v) is 7.30. The maximum absolute atomic E-state index is 5.94. The van der Waals surface area contributed by atoms with E-state index < -0.39 is 0 Å². The van der Waals surface area contributed by atoms with Crippen molar-refractivity contribution in [2.24, 2.45) is 5.10 Å². The number of nitrogens with zero attached hydrogens (tertiary/aromatic N) is 2. The highest BCUT2D eigenvalue weighted by Gasteiger charge is 2.07. The van der Waals surface area contributed by atoms with E-state index >= 15 is 0 Å². The Morgan fingerprint density at radius 1 is 0.966 bits per heavy atom. The van der Waals surface area contributed by atoms with Crippen molar-refractivity contribution in [3.8, 4) is 11.5 Å². The molecule has 0 atom stereocenters. The molecule has 4 aromatic rings. The standard InChI is InChI=1S/C23H21N3O2S/c1-2-27-21-14-18(12-13-20(21)28-16-17-8-4-3-5-9-17)15-24-26-23-25-19-10-6-7-11-22(19)29-23/h3-15H,2,16H2,1H3,(H,25,26)/b24-15-. The van der Waals surface area contributed by atoms with E-state index in [9.17, 15) is 0 Å². The van der Waals surface area contributed by atoms with Crippen LogP contribution >= 0.6 is 11.3 Å². The third kappa shape index (κ3) is 4.92. The average Bonchev–Trinajstić information content (AvgIpc) is 3.17. The summed E-state index contributed by atoms with van der Waals surface area (Å²) in [6.45, 7) is 3.01. The number of nitrogens with one attached hydrogen (secondary N) is 1. The second kappa shape index (κ2) is 9.21. The van der Waals surface area contributed by atoms with Crippen molar-refractivity contribution in [1.29, 1.82) is 0 Å². The van der Waals surface area contributed by atoms with Crippen LogP contribution in [0.2, 0.25) is 0 Å². The zero-order valence-corrected chi connectivity index (χ0v) is 16.9. The topological polar surface area (TPSA) is 55.7 Å². The Hall–Kier alpha value is -3.38. The first kappa shape index (κ1) is 19.0. The van der Waals surface area contributed by atoms with Gasteiger partial charge in [-0.2, -0.15) is 5.10 Å². The minimum absolute atomic E-state index is 0.494. The van der Waals surface area contributed by atoms with Crippen LogP contribution in [0.5, 0.6) is 11.5 Å². The molecule has 1 heterocycles. The molecule has 146 valence electrons. The SMILES string of the molecule is CCOc1cc(/C=N\Nc2nc3ccccc3s2)ccc1OCc1ccccc1. The minimum atomic E-state index is 0.494. The maximum Gasteiger partial charge on any atom is 0.204 e. The van der Waals surface area contributed by atoms with E-state index in [-0.39, 0.29) is 0 Å². The molecule has 0 bridgehead atoms. The van der Waals surface area contributed by atoms with Gasteiger partial charge in [0.1, 0.15) is 6.61 Å². The lowest BCUT2D eigenvalue weighted by Gasteiger charge is -2.12. The highest BCUT2D eigenvalue weighted by Crippen LogP contribution is 2.29. The van der Waals surface area contributed by atoms with E-state index in [1.165, 1.54) is 0 Å². The molecule has 5 nitrogen and oxygen atoms in total. The van der Waals surface area contributed by atoms with Crippen LogP contribution < -0.4 is 14.9 Å². The summed E-state index contributed by atoms with van der Waals surface area (Å²) < 4.78 is 12.8. The molecule has 0 saturated heterocycles. The van der Waals surface area contributed by atoms with E-state index in [0.717, 1.165) is 26.5 Å². The van der Waals surface area contributed by atoms with Gasteiger partial charge in [-0.3, -0.25) is 5.43 Å². The highest BCUT2D eigenvalue weighted by atomic mass is 32.1. The van der Waals surface area contributed by atoms with Gasteiger partial charge in [-0.25, -0.2) is 4.98 Å². The van der Waals surface area contributed by atoms with Gasteiger partial charge in [0.05, 0.1) is 23.0 Å². The molecule has 0 saturated carbocycles. The molecule has 0 radical (unpaired) electrons. The summed E-state index contributed by atoms with van der Waals surface area (Å²) in [6.07, 6.45) is 1.75. The smallest absolute Gasteiger partial charge is 0.204 e. The molecule has 29 heavy (non-hydrogen) atoms. The summed E-state index contributed by atoms with van der Waals surface area (Å²) in [5, 5.41) is 5.07. The van der Waals surface area contributed by atoms with Crippen molar-refractivity contribution in [2.45, 2.75) is 13.5 Å². The predicted octanol–water partition coefficient (Wildman–Crippen LogP) is 5.72. The molecule has 1 aromatic heterocycles. The number of para-hydroxylation sites is 1. The molecule has 0 spiro atoms. The summed E-state index contributed by atoms with van der Waals surface area (Å²) >= 11 is 1.57. The van der Waals surface area contributed by atoms with Gasteiger partial charge in [-0.15, -0.1) is 0 Å². The summed E-state index contributed by atoms with van der Waals surface area (Å²) in [5.41, 5.74) is 5.99. The third-order valence-electron chi connectivity index (χ3n) is 4.17. The lowest BCUT2D eigenvalue weighted by molar-refractivity contribution is 0.269. The number of ether oxygens (including phenoxy) is 2. The Bertz CT molecular complexity index is 1080. The normalized spacial score (nSPS) is 11.1. The number of fused-ring (bicyclic) bond motifs is 1. The van der Waals surface area contributed by atoms with E-state index in [0.29, 0.717) is 24.7 Å². The summed E-state index contributed by atoms with van der Waals surface area (Å²) in [5.74, 6) is 1.42. The molecule has 1 N–H and O–H groups in total. The molecule has 3 aromatic carbocycles. The summed E-state index contributed by atoms with van der Waals surface area (Å²) in [4.78, 5) is 4.51. The van der Waals surface area contributed by atoms with Crippen LogP contribution in [0.4, 0.5) is 5.13 Å². The number of hydrogen-bond acceptors (Lipinski definition) is 6. The number of aromatic nitrogens is 1. The Morgan fingerprint density at radius 2 is 1.79 bits per heavy atom. The van der Waals surface area contributed by atoms with Crippen molar-refractivity contribution < 1.29 is 9.47 Å². The first-order chi connectivity index (χ1) is 14.3. The van der Waals surface area contributed by atoms with Gasteiger partial charge >= 0.3 is 0 Å². The van der Waals surface area contributed by atoms with E-state index in [2.05, 4.69) is 15.5 Å². The fourth-order valence-electron chi connectivity index (χ4n) is 2.81. The Kier molecular flexibility index (Phi) is 6.02. The van der Waals surface area contributed by atoms with Crippen molar-refractivity contribution >= 4 is 32.9 Å². The zero-order chi connectivity index (χ0) is 19.9. The van der Waals surface area contributed by atoms with Crippen LogP contribution in [0, 0.1) is 0 Å². The highest BCUT2D eigenvalue weighted by molar-refractivity contribution is 7.22. The van der Waals surface area contributed by atoms with Gasteiger partial charge < -0.3 is 9.47 Å². The Labute approximate surface area is 173 Å². The number of thiazole rings is 1. The van der Waals surface area contributed by atoms with Crippen molar-refractivity contribution in [2.75, 3.05) is 12.0 Å². The van der Waals surface area contributed by atoms with E-state index in [4.69, 9.17) is 9.47 Å². The summed E-state index contributed by atoms with van der Waals surface area (Å²) in [6, 6.07) is 23.9. The minimum Gasteiger partial charge on any atom is -0.490 e. The van der Waals surface area contributed by atoms with Crippen molar-refractivity contribution in [1.82, 2.24) is 4.98 Å².